The number of hydrogen-bond acceptors (Lipinski definition) is 3. The molecule has 5 nitrogen and oxygen atoms in total. The fourth-order valence-corrected chi connectivity index (χ4v) is 3.08. The minimum Gasteiger partial charge on any atom is -0.345 e. The number of hydrogen-bond donors (Lipinski definition) is 2. The molecule has 0 fully saturated rings. The number of amides is 1. The number of fused-ring (bicyclic) bond motifs is 1. The van der Waals surface area contributed by atoms with Crippen LogP contribution in [0, 0.1) is 0 Å². The minimum atomic E-state index is -1.10. The van der Waals surface area contributed by atoms with E-state index in [4.69, 9.17) is 10.7 Å². The standard InChI is InChI=1S/C20H24N4O/c1-4-24-17-13-9-8-12-16(17)23-18(24)14(2)22-19(25)20(3,21)15-10-6-5-7-11-15/h5-14H,4,21H2,1-3H3,(H,22,25). The predicted molar refractivity (Wildman–Crippen MR) is 99.9 cm³/mol. The fraction of sp³-hybridized carbons (Fsp3) is 0.300. The van der Waals surface area contributed by atoms with Crippen LogP contribution >= 0.6 is 0 Å². The van der Waals surface area contributed by atoms with E-state index in [0.717, 1.165) is 29.0 Å². The molecule has 1 amide bonds. The lowest BCUT2D eigenvalue weighted by Gasteiger charge is -2.26. The van der Waals surface area contributed by atoms with Crippen molar-refractivity contribution in [1.82, 2.24) is 14.9 Å². The number of carbonyl (C=O) groups is 1. The summed E-state index contributed by atoms with van der Waals surface area (Å²) in [5.74, 6) is 0.613. The first-order valence-electron chi connectivity index (χ1n) is 8.55. The van der Waals surface area contributed by atoms with E-state index in [0.29, 0.717) is 0 Å². The van der Waals surface area contributed by atoms with Crippen LogP contribution in [0.3, 0.4) is 0 Å². The monoisotopic (exact) mass is 336 g/mol. The SMILES string of the molecule is CCn1c(C(C)NC(=O)C(C)(N)c2ccccc2)nc2ccccc21. The molecule has 3 aromatic rings. The zero-order chi connectivity index (χ0) is 18.0. The second-order valence-corrected chi connectivity index (χ2v) is 6.47. The molecule has 2 unspecified atom stereocenters. The van der Waals surface area contributed by atoms with Crippen molar-refractivity contribution in [3.8, 4) is 0 Å². The summed E-state index contributed by atoms with van der Waals surface area (Å²) in [4.78, 5) is 17.5. The highest BCUT2D eigenvalue weighted by Gasteiger charge is 2.32. The molecular formula is C20H24N4O. The molecule has 3 N–H and O–H groups in total. The number of benzene rings is 2. The number of aromatic nitrogens is 2. The molecule has 0 saturated carbocycles. The number of nitrogens with one attached hydrogen (secondary N) is 1. The minimum absolute atomic E-state index is 0.221. The van der Waals surface area contributed by atoms with Crippen LogP contribution in [0.2, 0.25) is 0 Å². The first-order valence-corrected chi connectivity index (χ1v) is 8.55. The Hall–Kier alpha value is -2.66. The maximum absolute atomic E-state index is 12.8. The summed E-state index contributed by atoms with van der Waals surface area (Å²) in [6.07, 6.45) is 0. The molecule has 0 saturated heterocycles. The molecule has 0 aliphatic carbocycles. The van der Waals surface area contributed by atoms with Crippen LogP contribution in [-0.4, -0.2) is 15.5 Å². The number of para-hydroxylation sites is 2. The Morgan fingerprint density at radius 1 is 1.20 bits per heavy atom. The van der Waals surface area contributed by atoms with Crippen LogP contribution < -0.4 is 11.1 Å². The third-order valence-corrected chi connectivity index (χ3v) is 4.58. The second-order valence-electron chi connectivity index (χ2n) is 6.47. The van der Waals surface area contributed by atoms with Crippen molar-refractivity contribution in [3.63, 3.8) is 0 Å². The number of nitrogens with two attached hydrogens (primary N) is 1. The summed E-state index contributed by atoms with van der Waals surface area (Å²) >= 11 is 0. The number of imidazole rings is 1. The summed E-state index contributed by atoms with van der Waals surface area (Å²) in [5, 5.41) is 3.02. The van der Waals surface area contributed by atoms with Crippen LogP contribution in [0.1, 0.15) is 38.2 Å². The van der Waals surface area contributed by atoms with Crippen molar-refractivity contribution >= 4 is 16.9 Å². The summed E-state index contributed by atoms with van der Waals surface area (Å²) in [5.41, 5.74) is 8.00. The van der Waals surface area contributed by atoms with E-state index < -0.39 is 5.54 Å². The highest BCUT2D eigenvalue weighted by molar-refractivity contribution is 5.87. The molecule has 0 bridgehead atoms. The van der Waals surface area contributed by atoms with E-state index in [1.807, 2.05) is 61.5 Å². The Morgan fingerprint density at radius 2 is 1.84 bits per heavy atom. The Morgan fingerprint density at radius 3 is 2.52 bits per heavy atom. The van der Waals surface area contributed by atoms with Crippen LogP contribution in [-0.2, 0) is 16.9 Å². The average Bonchev–Trinajstić information content (AvgIpc) is 3.01. The van der Waals surface area contributed by atoms with Crippen molar-refractivity contribution in [2.24, 2.45) is 5.73 Å². The summed E-state index contributed by atoms with van der Waals surface area (Å²) in [7, 11) is 0. The first-order chi connectivity index (χ1) is 11.9. The van der Waals surface area contributed by atoms with Gasteiger partial charge in [0.2, 0.25) is 5.91 Å². The zero-order valence-corrected chi connectivity index (χ0v) is 14.9. The van der Waals surface area contributed by atoms with Gasteiger partial charge in [-0.2, -0.15) is 0 Å². The van der Waals surface area contributed by atoms with Gasteiger partial charge in [-0.25, -0.2) is 4.98 Å². The molecule has 3 rings (SSSR count). The van der Waals surface area contributed by atoms with Crippen LogP contribution in [0.4, 0.5) is 0 Å². The van der Waals surface area contributed by atoms with Gasteiger partial charge in [-0.05, 0) is 38.5 Å². The largest absolute Gasteiger partial charge is 0.345 e. The molecule has 130 valence electrons. The molecule has 2 aromatic carbocycles. The molecular weight excluding hydrogens is 312 g/mol. The molecule has 1 aromatic heterocycles. The lowest BCUT2D eigenvalue weighted by Crippen LogP contribution is -2.49. The lowest BCUT2D eigenvalue weighted by atomic mass is 9.92. The molecule has 1 heterocycles. The predicted octanol–water partition coefficient (Wildman–Crippen LogP) is 3.11. The molecule has 0 aliphatic heterocycles. The van der Waals surface area contributed by atoms with Crippen molar-refractivity contribution in [2.45, 2.75) is 38.9 Å². The Labute approximate surface area is 147 Å². The van der Waals surface area contributed by atoms with Crippen molar-refractivity contribution < 1.29 is 4.79 Å². The van der Waals surface area contributed by atoms with Gasteiger partial charge in [0.25, 0.3) is 0 Å². The van der Waals surface area contributed by atoms with E-state index in [2.05, 4.69) is 16.8 Å². The fourth-order valence-electron chi connectivity index (χ4n) is 3.08. The molecule has 2 atom stereocenters. The van der Waals surface area contributed by atoms with Crippen molar-refractivity contribution in [1.29, 1.82) is 0 Å². The average molecular weight is 336 g/mol. The van der Waals surface area contributed by atoms with Gasteiger partial charge >= 0.3 is 0 Å². The van der Waals surface area contributed by atoms with Crippen LogP contribution in [0.15, 0.2) is 54.6 Å². The number of aryl methyl sites for hydroxylation is 1. The van der Waals surface area contributed by atoms with Gasteiger partial charge in [-0.15, -0.1) is 0 Å². The second kappa shape index (κ2) is 6.69. The number of rotatable bonds is 5. The Balaban J connectivity index is 1.87. The molecule has 0 radical (unpaired) electrons. The van der Waals surface area contributed by atoms with Gasteiger partial charge < -0.3 is 15.6 Å². The van der Waals surface area contributed by atoms with Crippen molar-refractivity contribution in [3.05, 3.63) is 66.0 Å². The van der Waals surface area contributed by atoms with Gasteiger partial charge in [0, 0.05) is 6.54 Å². The highest BCUT2D eigenvalue weighted by Crippen LogP contribution is 2.23. The maximum Gasteiger partial charge on any atom is 0.244 e. The molecule has 25 heavy (non-hydrogen) atoms. The normalized spacial score (nSPS) is 14.9. The van der Waals surface area contributed by atoms with Gasteiger partial charge in [-0.3, -0.25) is 4.79 Å². The third-order valence-electron chi connectivity index (χ3n) is 4.58. The van der Waals surface area contributed by atoms with Gasteiger partial charge in [0.15, 0.2) is 0 Å². The number of carbonyl (C=O) groups excluding carboxylic acids is 1. The van der Waals surface area contributed by atoms with Crippen LogP contribution in [0.5, 0.6) is 0 Å². The summed E-state index contributed by atoms with van der Waals surface area (Å²) in [6, 6.07) is 17.1. The summed E-state index contributed by atoms with van der Waals surface area (Å²) < 4.78 is 2.12. The highest BCUT2D eigenvalue weighted by atomic mass is 16.2. The molecule has 0 spiro atoms. The molecule has 0 aliphatic rings. The van der Waals surface area contributed by atoms with Gasteiger partial charge in [0.05, 0.1) is 17.1 Å². The maximum atomic E-state index is 12.8. The van der Waals surface area contributed by atoms with E-state index in [1.165, 1.54) is 0 Å². The quantitative estimate of drug-likeness (QED) is 0.752. The Bertz CT molecular complexity index is 883. The lowest BCUT2D eigenvalue weighted by molar-refractivity contribution is -0.126. The van der Waals surface area contributed by atoms with E-state index >= 15 is 0 Å². The smallest absolute Gasteiger partial charge is 0.244 e. The van der Waals surface area contributed by atoms with E-state index in [1.54, 1.807) is 6.92 Å². The number of nitrogens with zero attached hydrogens (tertiary/aromatic N) is 2. The van der Waals surface area contributed by atoms with Crippen LogP contribution in [0.25, 0.3) is 11.0 Å². The van der Waals surface area contributed by atoms with E-state index in [9.17, 15) is 4.79 Å². The summed E-state index contributed by atoms with van der Waals surface area (Å²) in [6.45, 7) is 6.53. The first kappa shape index (κ1) is 17.2. The molecule has 5 heteroatoms. The van der Waals surface area contributed by atoms with Crippen molar-refractivity contribution in [2.75, 3.05) is 0 Å². The Kier molecular flexibility index (Phi) is 4.59. The van der Waals surface area contributed by atoms with Gasteiger partial charge in [-0.1, -0.05) is 42.5 Å². The zero-order valence-electron chi connectivity index (χ0n) is 14.9. The third kappa shape index (κ3) is 3.15. The topological polar surface area (TPSA) is 72.9 Å². The van der Waals surface area contributed by atoms with Gasteiger partial charge in [0.1, 0.15) is 11.4 Å². The van der Waals surface area contributed by atoms with E-state index in [-0.39, 0.29) is 11.9 Å².